The molecular weight excluding hydrogens is 364 g/mol. The van der Waals surface area contributed by atoms with Crippen molar-refractivity contribution in [2.45, 2.75) is 27.2 Å². The van der Waals surface area contributed by atoms with Crippen LogP contribution < -0.4 is 9.64 Å². The summed E-state index contributed by atoms with van der Waals surface area (Å²) in [5, 5.41) is 0. The van der Waals surface area contributed by atoms with Crippen LogP contribution in [0.3, 0.4) is 0 Å². The zero-order valence-corrected chi connectivity index (χ0v) is 17.4. The number of ether oxygens (including phenoxy) is 1. The topological polar surface area (TPSA) is 50.1 Å². The summed E-state index contributed by atoms with van der Waals surface area (Å²) in [5.74, 6) is 0.838. The number of fused-ring (bicyclic) bond motifs is 1. The number of hydrogen-bond acceptors (Lipinski definition) is 4. The molecule has 6 nitrogen and oxygen atoms in total. The van der Waals surface area contributed by atoms with Crippen LogP contribution in [0.15, 0.2) is 42.9 Å². The van der Waals surface area contributed by atoms with E-state index < -0.39 is 0 Å². The van der Waals surface area contributed by atoms with Crippen LogP contribution in [0.1, 0.15) is 23.6 Å². The van der Waals surface area contributed by atoms with Gasteiger partial charge in [0.2, 0.25) is 0 Å². The molecule has 0 spiro atoms. The number of anilines is 1. The molecule has 1 aliphatic heterocycles. The first-order valence-electron chi connectivity index (χ1n) is 10.2. The van der Waals surface area contributed by atoms with E-state index in [9.17, 15) is 4.79 Å². The number of pyridine rings is 1. The molecule has 1 amide bonds. The molecule has 152 valence electrons. The Hall–Kier alpha value is -3.02. The number of aromatic nitrogens is 2. The Morgan fingerprint density at radius 2 is 1.97 bits per heavy atom. The molecule has 4 rings (SSSR count). The Morgan fingerprint density at radius 3 is 2.72 bits per heavy atom. The molecule has 1 fully saturated rings. The van der Waals surface area contributed by atoms with Gasteiger partial charge in [0.15, 0.2) is 6.61 Å². The third-order valence-electron chi connectivity index (χ3n) is 5.85. The lowest BCUT2D eigenvalue weighted by atomic mass is 10.1. The zero-order chi connectivity index (χ0) is 20.4. The van der Waals surface area contributed by atoms with Crippen molar-refractivity contribution in [1.29, 1.82) is 0 Å². The van der Waals surface area contributed by atoms with Gasteiger partial charge in [0.1, 0.15) is 11.4 Å². The predicted octanol–water partition coefficient (Wildman–Crippen LogP) is 3.24. The smallest absolute Gasteiger partial charge is 0.260 e. The molecule has 2 aromatic heterocycles. The Kier molecular flexibility index (Phi) is 5.43. The molecule has 0 saturated carbocycles. The molecule has 1 aromatic carbocycles. The lowest BCUT2D eigenvalue weighted by molar-refractivity contribution is -0.133. The van der Waals surface area contributed by atoms with Crippen molar-refractivity contribution in [1.82, 2.24) is 14.3 Å². The number of carbonyl (C=O) groups is 1. The molecule has 0 radical (unpaired) electrons. The van der Waals surface area contributed by atoms with Crippen LogP contribution >= 0.6 is 0 Å². The fourth-order valence-corrected chi connectivity index (χ4v) is 3.87. The number of carbonyl (C=O) groups excluding carboxylic acids is 1. The van der Waals surface area contributed by atoms with E-state index in [1.54, 1.807) is 0 Å². The summed E-state index contributed by atoms with van der Waals surface area (Å²) in [7, 11) is 0. The summed E-state index contributed by atoms with van der Waals surface area (Å²) in [6.45, 7) is 9.39. The van der Waals surface area contributed by atoms with Crippen LogP contribution in [0, 0.1) is 13.8 Å². The summed E-state index contributed by atoms with van der Waals surface area (Å²) in [4.78, 5) is 21.3. The van der Waals surface area contributed by atoms with Gasteiger partial charge in [-0.2, -0.15) is 0 Å². The minimum atomic E-state index is 0.0475. The Morgan fingerprint density at radius 1 is 1.17 bits per heavy atom. The summed E-state index contributed by atoms with van der Waals surface area (Å²) in [6.07, 6.45) is 6.91. The number of rotatable bonds is 5. The van der Waals surface area contributed by atoms with Crippen molar-refractivity contribution in [3.8, 4) is 5.75 Å². The molecule has 1 aliphatic rings. The van der Waals surface area contributed by atoms with Crippen LogP contribution in [0.25, 0.3) is 5.65 Å². The minimum Gasteiger partial charge on any atom is -0.483 e. The maximum atomic E-state index is 12.6. The molecular formula is C23H28N4O2. The fourth-order valence-electron chi connectivity index (χ4n) is 3.87. The van der Waals surface area contributed by atoms with Crippen LogP contribution in [-0.2, 0) is 11.2 Å². The van der Waals surface area contributed by atoms with Crippen molar-refractivity contribution >= 4 is 17.2 Å². The second kappa shape index (κ2) is 8.15. The molecule has 0 atom stereocenters. The first kappa shape index (κ1) is 19.3. The van der Waals surface area contributed by atoms with E-state index >= 15 is 0 Å². The lowest BCUT2D eigenvalue weighted by Crippen LogP contribution is -2.50. The summed E-state index contributed by atoms with van der Waals surface area (Å²) in [5.41, 5.74) is 5.76. The van der Waals surface area contributed by atoms with Crippen molar-refractivity contribution in [2.24, 2.45) is 0 Å². The van der Waals surface area contributed by atoms with Gasteiger partial charge in [-0.05, 0) is 49.1 Å². The molecule has 29 heavy (non-hydrogen) atoms. The average Bonchev–Trinajstić information content (AvgIpc) is 3.21. The molecule has 0 bridgehead atoms. The highest BCUT2D eigenvalue weighted by Crippen LogP contribution is 2.24. The predicted molar refractivity (Wildman–Crippen MR) is 115 cm³/mol. The van der Waals surface area contributed by atoms with Gasteiger partial charge in [0, 0.05) is 44.8 Å². The summed E-state index contributed by atoms with van der Waals surface area (Å²) in [6, 6.07) is 8.09. The van der Waals surface area contributed by atoms with E-state index in [0.29, 0.717) is 13.1 Å². The van der Waals surface area contributed by atoms with Crippen LogP contribution in [0.4, 0.5) is 5.69 Å². The van der Waals surface area contributed by atoms with Crippen LogP contribution in [0.2, 0.25) is 0 Å². The number of aryl methyl sites for hydroxylation is 2. The number of hydrogen-bond donors (Lipinski definition) is 0. The van der Waals surface area contributed by atoms with E-state index in [1.165, 1.54) is 16.8 Å². The van der Waals surface area contributed by atoms with Gasteiger partial charge in [0.05, 0.1) is 5.69 Å². The normalized spacial score (nSPS) is 14.4. The quantitative estimate of drug-likeness (QED) is 0.669. The second-order valence-corrected chi connectivity index (χ2v) is 7.58. The van der Waals surface area contributed by atoms with Crippen molar-refractivity contribution in [3.63, 3.8) is 0 Å². The highest BCUT2D eigenvalue weighted by Gasteiger charge is 2.23. The number of amides is 1. The molecule has 1 saturated heterocycles. The third-order valence-corrected chi connectivity index (χ3v) is 5.85. The third kappa shape index (κ3) is 3.92. The highest BCUT2D eigenvalue weighted by molar-refractivity contribution is 5.78. The fraction of sp³-hybridized carbons (Fsp3) is 0.391. The van der Waals surface area contributed by atoms with Gasteiger partial charge in [-0.15, -0.1) is 0 Å². The number of imidazole rings is 1. The molecule has 3 heterocycles. The van der Waals surface area contributed by atoms with Gasteiger partial charge >= 0.3 is 0 Å². The SMILES string of the molecule is CCc1cc2nccn2cc1N1CCN(C(=O)COc2cccc(C)c2C)CC1. The lowest BCUT2D eigenvalue weighted by Gasteiger charge is -2.37. The first-order valence-corrected chi connectivity index (χ1v) is 10.2. The van der Waals surface area contributed by atoms with Gasteiger partial charge in [-0.1, -0.05) is 19.1 Å². The number of nitrogens with zero attached hydrogens (tertiary/aromatic N) is 4. The first-order chi connectivity index (χ1) is 14.1. The molecule has 0 N–H and O–H groups in total. The van der Waals surface area contributed by atoms with E-state index in [4.69, 9.17) is 4.74 Å². The molecule has 0 unspecified atom stereocenters. The molecule has 3 aromatic rings. The standard InChI is InChI=1S/C23H28N4O2/c1-4-19-14-22-24-8-9-27(22)15-20(19)25-10-12-26(13-11-25)23(28)16-29-21-7-5-6-17(2)18(21)3/h5-9,14-15H,4,10-13,16H2,1-3H3. The maximum absolute atomic E-state index is 12.6. The monoisotopic (exact) mass is 392 g/mol. The van der Waals surface area contributed by atoms with E-state index in [1.807, 2.05) is 36.4 Å². The van der Waals surface area contributed by atoms with Crippen molar-refractivity contribution in [2.75, 3.05) is 37.7 Å². The van der Waals surface area contributed by atoms with Gasteiger partial charge in [-0.3, -0.25) is 4.79 Å². The number of piperazine rings is 1. The van der Waals surface area contributed by atoms with E-state index in [0.717, 1.165) is 36.5 Å². The van der Waals surface area contributed by atoms with Gasteiger partial charge in [0.25, 0.3) is 5.91 Å². The number of benzene rings is 1. The molecule has 6 heteroatoms. The zero-order valence-electron chi connectivity index (χ0n) is 17.4. The van der Waals surface area contributed by atoms with Crippen molar-refractivity contribution in [3.05, 3.63) is 59.5 Å². The minimum absolute atomic E-state index is 0.0475. The van der Waals surface area contributed by atoms with E-state index in [-0.39, 0.29) is 12.5 Å². The summed E-state index contributed by atoms with van der Waals surface area (Å²) < 4.78 is 7.86. The Bertz CT molecular complexity index is 1020. The van der Waals surface area contributed by atoms with Crippen LogP contribution in [-0.4, -0.2) is 53.0 Å². The van der Waals surface area contributed by atoms with Gasteiger partial charge < -0.3 is 18.9 Å². The average molecular weight is 393 g/mol. The highest BCUT2D eigenvalue weighted by atomic mass is 16.5. The van der Waals surface area contributed by atoms with Crippen LogP contribution in [0.5, 0.6) is 5.75 Å². The Labute approximate surface area is 171 Å². The molecule has 0 aliphatic carbocycles. The largest absolute Gasteiger partial charge is 0.483 e. The second-order valence-electron chi connectivity index (χ2n) is 7.58. The maximum Gasteiger partial charge on any atom is 0.260 e. The Balaban J connectivity index is 1.38. The summed E-state index contributed by atoms with van der Waals surface area (Å²) >= 11 is 0. The van der Waals surface area contributed by atoms with Crippen molar-refractivity contribution < 1.29 is 9.53 Å². The van der Waals surface area contributed by atoms with E-state index in [2.05, 4.69) is 46.5 Å². The van der Waals surface area contributed by atoms with Gasteiger partial charge in [-0.25, -0.2) is 4.98 Å².